The number of likely N-dealkylation sites (tertiary alicyclic amines) is 1. The number of ether oxygens (including phenoxy) is 2. The minimum Gasteiger partial charge on any atom is -0.493 e. The van der Waals surface area contributed by atoms with Gasteiger partial charge in [0.15, 0.2) is 11.5 Å². The molecule has 2 atom stereocenters. The second-order valence-corrected chi connectivity index (χ2v) is 5.12. The maximum absolute atomic E-state index is 10.3. The lowest BCUT2D eigenvalue weighted by Gasteiger charge is -2.24. The van der Waals surface area contributed by atoms with Gasteiger partial charge < -0.3 is 14.6 Å². The van der Waals surface area contributed by atoms with Gasteiger partial charge in [0.1, 0.15) is 0 Å². The summed E-state index contributed by atoms with van der Waals surface area (Å²) in [6.45, 7) is 3.97. The Morgan fingerprint density at radius 1 is 1.32 bits per heavy atom. The molecule has 0 amide bonds. The van der Waals surface area contributed by atoms with Crippen molar-refractivity contribution < 1.29 is 14.6 Å². The van der Waals surface area contributed by atoms with E-state index in [4.69, 9.17) is 9.47 Å². The molecule has 1 aromatic rings. The van der Waals surface area contributed by atoms with Crippen LogP contribution < -0.4 is 9.47 Å². The zero-order valence-corrected chi connectivity index (χ0v) is 11.9. The summed E-state index contributed by atoms with van der Waals surface area (Å²) in [5, 5.41) is 10.3. The van der Waals surface area contributed by atoms with Crippen LogP contribution in [0, 0.1) is 0 Å². The van der Waals surface area contributed by atoms with Crippen molar-refractivity contribution in [2.24, 2.45) is 0 Å². The highest BCUT2D eigenvalue weighted by atomic mass is 16.5. The van der Waals surface area contributed by atoms with E-state index in [9.17, 15) is 5.11 Å². The molecule has 0 aromatic heterocycles. The molecule has 0 radical (unpaired) electrons. The molecule has 1 heterocycles. The Labute approximate surface area is 114 Å². The summed E-state index contributed by atoms with van der Waals surface area (Å²) in [4.78, 5) is 2.33. The zero-order chi connectivity index (χ0) is 13.8. The molecule has 106 valence electrons. The van der Waals surface area contributed by atoms with E-state index < -0.39 is 6.10 Å². The molecular formula is C15H23NO3. The van der Waals surface area contributed by atoms with Crippen molar-refractivity contribution in [2.45, 2.75) is 31.9 Å². The molecule has 0 aliphatic carbocycles. The van der Waals surface area contributed by atoms with E-state index in [1.807, 2.05) is 18.2 Å². The van der Waals surface area contributed by atoms with E-state index in [-0.39, 0.29) is 0 Å². The van der Waals surface area contributed by atoms with Crippen molar-refractivity contribution >= 4 is 0 Å². The lowest BCUT2D eigenvalue weighted by atomic mass is 10.1. The van der Waals surface area contributed by atoms with E-state index in [1.165, 1.54) is 12.8 Å². The number of rotatable bonds is 5. The Hall–Kier alpha value is -1.26. The van der Waals surface area contributed by atoms with E-state index >= 15 is 0 Å². The quantitative estimate of drug-likeness (QED) is 0.886. The molecule has 1 aromatic carbocycles. The fraction of sp³-hybridized carbons (Fsp3) is 0.600. The summed E-state index contributed by atoms with van der Waals surface area (Å²) in [5.74, 6) is 1.35. The molecule has 1 aliphatic rings. The first kappa shape index (κ1) is 14.2. The van der Waals surface area contributed by atoms with Crippen LogP contribution >= 0.6 is 0 Å². The Kier molecular flexibility index (Phi) is 4.66. The van der Waals surface area contributed by atoms with Crippen LogP contribution in [0.1, 0.15) is 31.4 Å². The van der Waals surface area contributed by atoms with E-state index in [1.54, 1.807) is 14.2 Å². The van der Waals surface area contributed by atoms with E-state index in [2.05, 4.69) is 11.8 Å². The molecule has 0 saturated carbocycles. The first-order chi connectivity index (χ1) is 9.15. The fourth-order valence-electron chi connectivity index (χ4n) is 2.65. The fourth-order valence-corrected chi connectivity index (χ4v) is 2.65. The van der Waals surface area contributed by atoms with Gasteiger partial charge in [-0.2, -0.15) is 0 Å². The van der Waals surface area contributed by atoms with E-state index in [0.29, 0.717) is 24.1 Å². The Morgan fingerprint density at radius 2 is 2.05 bits per heavy atom. The highest BCUT2D eigenvalue weighted by Crippen LogP contribution is 2.31. The van der Waals surface area contributed by atoms with Crippen LogP contribution in [0.25, 0.3) is 0 Å². The highest BCUT2D eigenvalue weighted by molar-refractivity contribution is 5.43. The summed E-state index contributed by atoms with van der Waals surface area (Å²) < 4.78 is 10.5. The standard InChI is InChI=1S/C15H23NO3/c1-11-5-4-8-16(11)10-13(17)12-6-7-14(18-2)15(9-12)19-3/h6-7,9,11,13,17H,4-5,8,10H2,1-3H3. The molecule has 1 fully saturated rings. The molecule has 0 spiro atoms. The number of hydrogen-bond donors (Lipinski definition) is 1. The zero-order valence-electron chi connectivity index (χ0n) is 11.9. The van der Waals surface area contributed by atoms with Crippen molar-refractivity contribution in [3.63, 3.8) is 0 Å². The predicted molar refractivity (Wildman–Crippen MR) is 74.8 cm³/mol. The molecule has 1 N–H and O–H groups in total. The Balaban J connectivity index is 2.08. The van der Waals surface area contributed by atoms with Crippen LogP contribution in [-0.4, -0.2) is 43.4 Å². The molecule has 1 saturated heterocycles. The largest absolute Gasteiger partial charge is 0.493 e. The van der Waals surface area contributed by atoms with Crippen LogP contribution in [0.5, 0.6) is 11.5 Å². The second kappa shape index (κ2) is 6.26. The monoisotopic (exact) mass is 265 g/mol. The highest BCUT2D eigenvalue weighted by Gasteiger charge is 2.23. The number of hydrogen-bond acceptors (Lipinski definition) is 4. The maximum atomic E-state index is 10.3. The van der Waals surface area contributed by atoms with Crippen LogP contribution in [-0.2, 0) is 0 Å². The molecule has 2 unspecified atom stereocenters. The van der Waals surface area contributed by atoms with Crippen LogP contribution in [0.15, 0.2) is 18.2 Å². The summed E-state index contributed by atoms with van der Waals surface area (Å²) in [5.41, 5.74) is 0.872. The predicted octanol–water partition coefficient (Wildman–Crippen LogP) is 2.22. The van der Waals surface area contributed by atoms with Gasteiger partial charge in [0.25, 0.3) is 0 Å². The molecule has 19 heavy (non-hydrogen) atoms. The molecule has 4 nitrogen and oxygen atoms in total. The number of benzene rings is 1. The van der Waals surface area contributed by atoms with Crippen molar-refractivity contribution in [3.05, 3.63) is 23.8 Å². The number of aliphatic hydroxyl groups is 1. The average molecular weight is 265 g/mol. The van der Waals surface area contributed by atoms with Gasteiger partial charge in [0.05, 0.1) is 20.3 Å². The van der Waals surface area contributed by atoms with Gasteiger partial charge in [-0.15, -0.1) is 0 Å². The average Bonchev–Trinajstić information content (AvgIpc) is 2.83. The summed E-state index contributed by atoms with van der Waals surface area (Å²) in [6, 6.07) is 6.15. The number of methoxy groups -OCH3 is 2. The molecule has 0 bridgehead atoms. The minimum atomic E-state index is -0.486. The van der Waals surface area contributed by atoms with Gasteiger partial charge in [0, 0.05) is 12.6 Å². The molecule has 2 rings (SSSR count). The molecular weight excluding hydrogens is 242 g/mol. The maximum Gasteiger partial charge on any atom is 0.161 e. The number of β-amino-alcohol motifs (C(OH)–C–C–N with tert-alkyl or cyclic N) is 1. The SMILES string of the molecule is COc1ccc(C(O)CN2CCCC2C)cc1OC. The lowest BCUT2D eigenvalue weighted by Crippen LogP contribution is -2.31. The smallest absolute Gasteiger partial charge is 0.161 e. The third-order valence-corrected chi connectivity index (χ3v) is 3.89. The Bertz CT molecular complexity index is 422. The molecule has 4 heteroatoms. The van der Waals surface area contributed by atoms with E-state index in [0.717, 1.165) is 12.1 Å². The van der Waals surface area contributed by atoms with Crippen LogP contribution in [0.4, 0.5) is 0 Å². The summed E-state index contributed by atoms with van der Waals surface area (Å²) in [6.07, 6.45) is 1.96. The van der Waals surface area contributed by atoms with Crippen LogP contribution in [0.2, 0.25) is 0 Å². The van der Waals surface area contributed by atoms with Gasteiger partial charge in [0.2, 0.25) is 0 Å². The third kappa shape index (κ3) is 3.19. The normalized spacial score (nSPS) is 21.4. The minimum absolute atomic E-state index is 0.486. The number of nitrogens with zero attached hydrogens (tertiary/aromatic N) is 1. The van der Waals surface area contributed by atoms with Crippen molar-refractivity contribution in [3.8, 4) is 11.5 Å². The second-order valence-electron chi connectivity index (χ2n) is 5.12. The van der Waals surface area contributed by atoms with Gasteiger partial charge >= 0.3 is 0 Å². The number of aliphatic hydroxyl groups excluding tert-OH is 1. The topological polar surface area (TPSA) is 41.9 Å². The third-order valence-electron chi connectivity index (χ3n) is 3.89. The lowest BCUT2D eigenvalue weighted by molar-refractivity contribution is 0.110. The molecule has 1 aliphatic heterocycles. The summed E-state index contributed by atoms with van der Waals surface area (Å²) in [7, 11) is 3.22. The van der Waals surface area contributed by atoms with Crippen molar-refractivity contribution in [2.75, 3.05) is 27.3 Å². The van der Waals surface area contributed by atoms with Gasteiger partial charge in [-0.3, -0.25) is 4.90 Å². The first-order valence-electron chi connectivity index (χ1n) is 6.79. The Morgan fingerprint density at radius 3 is 2.63 bits per heavy atom. The van der Waals surface area contributed by atoms with Gasteiger partial charge in [-0.1, -0.05) is 6.07 Å². The van der Waals surface area contributed by atoms with Crippen molar-refractivity contribution in [1.82, 2.24) is 4.90 Å². The summed E-state index contributed by atoms with van der Waals surface area (Å²) >= 11 is 0. The van der Waals surface area contributed by atoms with Gasteiger partial charge in [-0.25, -0.2) is 0 Å². The van der Waals surface area contributed by atoms with Gasteiger partial charge in [-0.05, 0) is 44.0 Å². The first-order valence-corrected chi connectivity index (χ1v) is 6.79. The van der Waals surface area contributed by atoms with Crippen molar-refractivity contribution in [1.29, 1.82) is 0 Å². The van der Waals surface area contributed by atoms with Crippen LogP contribution in [0.3, 0.4) is 0 Å².